The Labute approximate surface area is 126 Å². The summed E-state index contributed by atoms with van der Waals surface area (Å²) in [6, 6.07) is 1.14. The minimum Gasteiger partial charge on any atom is -0.379 e. The van der Waals surface area contributed by atoms with E-state index in [0.717, 1.165) is 44.2 Å². The monoisotopic (exact) mass is 293 g/mol. The third-order valence-corrected chi connectivity index (χ3v) is 5.00. The lowest BCUT2D eigenvalue weighted by molar-refractivity contribution is 0.0526. The molecule has 1 saturated heterocycles. The highest BCUT2D eigenvalue weighted by atomic mass is 16.5. The van der Waals surface area contributed by atoms with E-state index in [4.69, 9.17) is 9.26 Å². The number of hydrogen-bond acceptors (Lipinski definition) is 5. The summed E-state index contributed by atoms with van der Waals surface area (Å²) in [5.41, 5.74) is 2.29. The van der Waals surface area contributed by atoms with Crippen LogP contribution in [0.4, 0.5) is 0 Å². The van der Waals surface area contributed by atoms with Crippen molar-refractivity contribution in [1.82, 2.24) is 15.8 Å². The lowest BCUT2D eigenvalue weighted by atomic mass is 9.94. The lowest BCUT2D eigenvalue weighted by Crippen LogP contribution is -2.51. The zero-order valence-corrected chi connectivity index (χ0v) is 13.2. The zero-order valence-electron chi connectivity index (χ0n) is 13.2. The van der Waals surface area contributed by atoms with E-state index in [2.05, 4.69) is 15.8 Å². The smallest absolute Gasteiger partial charge is 0.137 e. The summed E-state index contributed by atoms with van der Waals surface area (Å²) in [7, 11) is 0. The van der Waals surface area contributed by atoms with Crippen LogP contribution in [0.3, 0.4) is 0 Å². The Kier molecular flexibility index (Phi) is 4.93. The first-order valence-corrected chi connectivity index (χ1v) is 8.22. The number of aromatic nitrogens is 1. The molecule has 3 atom stereocenters. The molecule has 1 aliphatic heterocycles. The molecular formula is C16H27N3O2. The second kappa shape index (κ2) is 6.90. The van der Waals surface area contributed by atoms with Crippen LogP contribution < -0.4 is 10.6 Å². The molecule has 0 amide bonds. The summed E-state index contributed by atoms with van der Waals surface area (Å²) in [6.07, 6.45) is 4.92. The number of morpholine rings is 1. The molecule has 0 aromatic carbocycles. The van der Waals surface area contributed by atoms with E-state index in [0.29, 0.717) is 18.0 Å². The zero-order chi connectivity index (χ0) is 14.7. The molecule has 0 bridgehead atoms. The molecule has 2 N–H and O–H groups in total. The van der Waals surface area contributed by atoms with Gasteiger partial charge in [0.2, 0.25) is 0 Å². The molecule has 5 nitrogen and oxygen atoms in total. The Morgan fingerprint density at radius 2 is 2.24 bits per heavy atom. The van der Waals surface area contributed by atoms with Crippen LogP contribution in [0.5, 0.6) is 0 Å². The van der Waals surface area contributed by atoms with E-state index in [1.807, 2.05) is 13.8 Å². The maximum Gasteiger partial charge on any atom is 0.137 e. The topological polar surface area (TPSA) is 59.3 Å². The average molecular weight is 293 g/mol. The van der Waals surface area contributed by atoms with Gasteiger partial charge in [0, 0.05) is 24.2 Å². The van der Waals surface area contributed by atoms with E-state index in [-0.39, 0.29) is 0 Å². The molecule has 1 aromatic heterocycles. The van der Waals surface area contributed by atoms with Crippen LogP contribution >= 0.6 is 0 Å². The van der Waals surface area contributed by atoms with E-state index in [1.54, 1.807) is 0 Å². The Bertz CT molecular complexity index is 435. The number of nitrogens with one attached hydrogen (secondary N) is 2. The van der Waals surface area contributed by atoms with E-state index in [1.165, 1.54) is 24.8 Å². The molecule has 5 heteroatoms. The van der Waals surface area contributed by atoms with Crippen LogP contribution in [0.2, 0.25) is 0 Å². The second-order valence-electron chi connectivity index (χ2n) is 6.34. The van der Waals surface area contributed by atoms with Crippen molar-refractivity contribution in [1.29, 1.82) is 0 Å². The Hall–Kier alpha value is -0.910. The first-order chi connectivity index (χ1) is 10.3. The van der Waals surface area contributed by atoms with Crippen molar-refractivity contribution in [2.45, 2.75) is 51.6 Å². The molecule has 1 saturated carbocycles. The van der Waals surface area contributed by atoms with Gasteiger partial charge in [-0.25, -0.2) is 0 Å². The van der Waals surface area contributed by atoms with Crippen molar-refractivity contribution < 1.29 is 9.26 Å². The average Bonchev–Trinajstić information content (AvgIpc) is 3.09. The van der Waals surface area contributed by atoms with Gasteiger partial charge in [-0.05, 0) is 45.6 Å². The van der Waals surface area contributed by atoms with Crippen molar-refractivity contribution in [2.24, 2.45) is 5.92 Å². The molecule has 3 unspecified atom stereocenters. The van der Waals surface area contributed by atoms with Gasteiger partial charge in [0.05, 0.1) is 18.9 Å². The van der Waals surface area contributed by atoms with E-state index in [9.17, 15) is 0 Å². The normalized spacial score (nSPS) is 29.9. The number of hydrogen-bond donors (Lipinski definition) is 2. The molecule has 2 aliphatic rings. The Morgan fingerprint density at radius 1 is 1.33 bits per heavy atom. The Morgan fingerprint density at radius 3 is 2.95 bits per heavy atom. The molecule has 1 aromatic rings. The fourth-order valence-corrected chi connectivity index (χ4v) is 3.83. The SMILES string of the molecule is Cc1noc(C)c1CCNC1CCCC1C1COCCN1. The first-order valence-electron chi connectivity index (χ1n) is 8.22. The van der Waals surface area contributed by atoms with Crippen molar-refractivity contribution in [3.05, 3.63) is 17.0 Å². The third kappa shape index (κ3) is 3.47. The number of rotatable bonds is 5. The largest absolute Gasteiger partial charge is 0.379 e. The van der Waals surface area contributed by atoms with Crippen molar-refractivity contribution >= 4 is 0 Å². The predicted octanol–water partition coefficient (Wildman–Crippen LogP) is 1.58. The van der Waals surface area contributed by atoms with E-state index < -0.39 is 0 Å². The van der Waals surface area contributed by atoms with E-state index >= 15 is 0 Å². The quantitative estimate of drug-likeness (QED) is 0.863. The van der Waals surface area contributed by atoms with Gasteiger partial charge in [0.25, 0.3) is 0 Å². The van der Waals surface area contributed by atoms with Gasteiger partial charge in [-0.1, -0.05) is 11.6 Å². The van der Waals surface area contributed by atoms with Crippen LogP contribution in [0.25, 0.3) is 0 Å². The molecule has 1 aliphatic carbocycles. The standard InChI is InChI=1S/C16H27N3O2/c1-11-13(12(2)21-19-11)6-7-17-15-5-3-4-14(15)16-10-20-9-8-18-16/h14-18H,3-10H2,1-2H3. The molecule has 2 heterocycles. The summed E-state index contributed by atoms with van der Waals surface area (Å²) in [6.45, 7) is 7.73. The highest BCUT2D eigenvalue weighted by Crippen LogP contribution is 2.29. The number of nitrogens with zero attached hydrogens (tertiary/aromatic N) is 1. The molecule has 118 valence electrons. The van der Waals surface area contributed by atoms with Gasteiger partial charge in [-0.3, -0.25) is 0 Å². The van der Waals surface area contributed by atoms with Gasteiger partial charge >= 0.3 is 0 Å². The molecular weight excluding hydrogens is 266 g/mol. The lowest BCUT2D eigenvalue weighted by Gasteiger charge is -2.33. The van der Waals surface area contributed by atoms with Crippen molar-refractivity contribution in [2.75, 3.05) is 26.3 Å². The van der Waals surface area contributed by atoms with Gasteiger partial charge in [0.1, 0.15) is 5.76 Å². The van der Waals surface area contributed by atoms with Gasteiger partial charge in [-0.15, -0.1) is 0 Å². The predicted molar refractivity (Wildman–Crippen MR) is 81.4 cm³/mol. The summed E-state index contributed by atoms with van der Waals surface area (Å²) in [5.74, 6) is 1.66. The van der Waals surface area contributed by atoms with Gasteiger partial charge in [-0.2, -0.15) is 0 Å². The summed E-state index contributed by atoms with van der Waals surface area (Å²) < 4.78 is 10.9. The van der Waals surface area contributed by atoms with Crippen LogP contribution in [0, 0.1) is 19.8 Å². The van der Waals surface area contributed by atoms with Crippen LogP contribution in [-0.4, -0.2) is 43.5 Å². The highest BCUT2D eigenvalue weighted by Gasteiger charge is 2.34. The van der Waals surface area contributed by atoms with Gasteiger partial charge in [0.15, 0.2) is 0 Å². The molecule has 2 fully saturated rings. The fraction of sp³-hybridized carbons (Fsp3) is 0.812. The van der Waals surface area contributed by atoms with Crippen molar-refractivity contribution in [3.8, 4) is 0 Å². The van der Waals surface area contributed by atoms with Crippen LogP contribution in [0.1, 0.15) is 36.3 Å². The van der Waals surface area contributed by atoms with Gasteiger partial charge < -0.3 is 19.9 Å². The molecule has 0 spiro atoms. The number of ether oxygens (including phenoxy) is 1. The third-order valence-electron chi connectivity index (χ3n) is 5.00. The van der Waals surface area contributed by atoms with Crippen molar-refractivity contribution in [3.63, 3.8) is 0 Å². The minimum absolute atomic E-state index is 0.526. The minimum atomic E-state index is 0.526. The molecule has 3 rings (SSSR count). The Balaban J connectivity index is 1.50. The highest BCUT2D eigenvalue weighted by molar-refractivity contribution is 5.21. The van der Waals surface area contributed by atoms with Crippen LogP contribution in [0.15, 0.2) is 4.52 Å². The summed E-state index contributed by atoms with van der Waals surface area (Å²) in [4.78, 5) is 0. The molecule has 21 heavy (non-hydrogen) atoms. The number of aryl methyl sites for hydroxylation is 2. The fourth-order valence-electron chi connectivity index (χ4n) is 3.83. The summed E-state index contributed by atoms with van der Waals surface area (Å²) >= 11 is 0. The summed E-state index contributed by atoms with van der Waals surface area (Å²) in [5, 5.41) is 11.4. The maximum atomic E-state index is 5.63. The second-order valence-corrected chi connectivity index (χ2v) is 6.34. The van der Waals surface area contributed by atoms with Crippen LogP contribution in [-0.2, 0) is 11.2 Å². The maximum absolute atomic E-state index is 5.63. The first kappa shape index (κ1) is 15.0. The molecule has 0 radical (unpaired) electrons.